The van der Waals surface area contributed by atoms with Crippen LogP contribution in [-0.4, -0.2) is 26.9 Å². The van der Waals surface area contributed by atoms with Gasteiger partial charge in [-0.3, -0.25) is 14.9 Å². The number of aromatic nitrogens is 4. The largest absolute Gasteiger partial charge is 0.496 e. The van der Waals surface area contributed by atoms with Crippen LogP contribution in [0.5, 0.6) is 5.75 Å². The normalized spacial score (nSPS) is 11.1. The highest BCUT2D eigenvalue weighted by atomic mass is 16.5. The fraction of sp³-hybridized carbons (Fsp3) is 0.190. The molecule has 0 amide bonds. The lowest BCUT2D eigenvalue weighted by Crippen LogP contribution is -2.20. The number of hydrogen-bond acceptors (Lipinski definition) is 4. The molecule has 0 spiro atoms. The van der Waals surface area contributed by atoms with Gasteiger partial charge in [-0.1, -0.05) is 6.07 Å². The van der Waals surface area contributed by atoms with Crippen molar-refractivity contribution in [3.05, 3.63) is 76.1 Å². The van der Waals surface area contributed by atoms with E-state index in [0.717, 1.165) is 39.1 Å². The van der Waals surface area contributed by atoms with Crippen LogP contribution in [-0.2, 0) is 6.54 Å². The highest BCUT2D eigenvalue weighted by molar-refractivity contribution is 5.89. The molecule has 3 aromatic heterocycles. The molecule has 4 aromatic rings. The van der Waals surface area contributed by atoms with E-state index in [0.29, 0.717) is 12.3 Å². The average Bonchev–Trinajstić information content (AvgIpc) is 3.02. The van der Waals surface area contributed by atoms with E-state index in [9.17, 15) is 4.79 Å². The molecule has 0 fully saturated rings. The van der Waals surface area contributed by atoms with Crippen LogP contribution in [0.3, 0.4) is 0 Å². The third-order valence-corrected chi connectivity index (χ3v) is 4.75. The molecule has 1 aromatic carbocycles. The number of aromatic amines is 1. The minimum Gasteiger partial charge on any atom is -0.496 e. The van der Waals surface area contributed by atoms with Crippen LogP contribution in [0.4, 0.5) is 0 Å². The molecule has 0 bridgehead atoms. The summed E-state index contributed by atoms with van der Waals surface area (Å²) < 4.78 is 7.38. The van der Waals surface area contributed by atoms with Gasteiger partial charge in [0.1, 0.15) is 5.75 Å². The molecule has 3 heterocycles. The maximum Gasteiger partial charge on any atom is 0.251 e. The first-order valence-corrected chi connectivity index (χ1v) is 8.72. The number of ether oxygens (including phenoxy) is 1. The predicted octanol–water partition coefficient (Wildman–Crippen LogP) is 3.46. The third kappa shape index (κ3) is 2.99. The van der Waals surface area contributed by atoms with E-state index >= 15 is 0 Å². The van der Waals surface area contributed by atoms with E-state index in [1.54, 1.807) is 23.9 Å². The summed E-state index contributed by atoms with van der Waals surface area (Å²) >= 11 is 0. The van der Waals surface area contributed by atoms with Gasteiger partial charge >= 0.3 is 0 Å². The molecule has 0 aliphatic rings. The topological polar surface area (TPSA) is 72.8 Å². The Morgan fingerprint density at radius 1 is 1.15 bits per heavy atom. The summed E-state index contributed by atoms with van der Waals surface area (Å²) in [5.41, 5.74) is 5.44. The van der Waals surface area contributed by atoms with Crippen LogP contribution in [0.1, 0.15) is 17.1 Å². The van der Waals surface area contributed by atoms with E-state index in [-0.39, 0.29) is 5.56 Å². The number of nitrogens with one attached hydrogen (secondary N) is 1. The van der Waals surface area contributed by atoms with Gasteiger partial charge in [0.2, 0.25) is 0 Å². The highest BCUT2D eigenvalue weighted by Gasteiger charge is 2.16. The van der Waals surface area contributed by atoms with Crippen molar-refractivity contribution in [2.45, 2.75) is 20.4 Å². The molecule has 136 valence electrons. The van der Waals surface area contributed by atoms with Gasteiger partial charge < -0.3 is 9.30 Å². The maximum atomic E-state index is 12.5. The third-order valence-electron chi connectivity index (χ3n) is 4.75. The maximum absolute atomic E-state index is 12.5. The second kappa shape index (κ2) is 6.72. The van der Waals surface area contributed by atoms with Crippen molar-refractivity contribution in [2.75, 3.05) is 7.11 Å². The Kier molecular flexibility index (Phi) is 4.24. The zero-order valence-electron chi connectivity index (χ0n) is 15.5. The first-order chi connectivity index (χ1) is 13.1. The van der Waals surface area contributed by atoms with Gasteiger partial charge in [0.05, 0.1) is 30.6 Å². The number of hydrogen-bond donors (Lipinski definition) is 1. The molecule has 0 unspecified atom stereocenters. The minimum atomic E-state index is -0.0707. The number of aryl methyl sites for hydroxylation is 2. The molecule has 0 radical (unpaired) electrons. The van der Waals surface area contributed by atoms with Gasteiger partial charge in [-0.15, -0.1) is 0 Å². The average molecular weight is 360 g/mol. The Morgan fingerprint density at radius 2 is 2.00 bits per heavy atom. The van der Waals surface area contributed by atoms with Gasteiger partial charge in [-0.25, -0.2) is 0 Å². The number of H-pyrrole nitrogens is 1. The van der Waals surface area contributed by atoms with E-state index < -0.39 is 0 Å². The monoisotopic (exact) mass is 360 g/mol. The van der Waals surface area contributed by atoms with Crippen LogP contribution in [0.2, 0.25) is 0 Å². The van der Waals surface area contributed by atoms with E-state index in [4.69, 9.17) is 4.74 Å². The lowest BCUT2D eigenvalue weighted by molar-refractivity contribution is 0.416. The second-order valence-corrected chi connectivity index (χ2v) is 6.50. The van der Waals surface area contributed by atoms with Crippen molar-refractivity contribution in [3.8, 4) is 16.9 Å². The van der Waals surface area contributed by atoms with Crippen LogP contribution in [0.25, 0.3) is 22.0 Å². The number of fused-ring (bicyclic) bond motifs is 1. The van der Waals surface area contributed by atoms with Crippen molar-refractivity contribution in [2.24, 2.45) is 0 Å². The van der Waals surface area contributed by atoms with Gasteiger partial charge in [-0.2, -0.15) is 5.10 Å². The molecule has 27 heavy (non-hydrogen) atoms. The molecule has 0 saturated heterocycles. The number of methoxy groups -OCH3 is 1. The van der Waals surface area contributed by atoms with Crippen LogP contribution in [0.15, 0.2) is 53.5 Å². The lowest BCUT2D eigenvalue weighted by atomic mass is 10.00. The van der Waals surface area contributed by atoms with E-state index in [1.165, 1.54) is 0 Å². The first kappa shape index (κ1) is 17.0. The minimum absolute atomic E-state index is 0.0707. The molecule has 0 aliphatic heterocycles. The Balaban J connectivity index is 1.94. The molecule has 0 saturated carbocycles. The Labute approximate surface area is 156 Å². The number of nitrogens with zero attached hydrogens (tertiary/aromatic N) is 3. The van der Waals surface area contributed by atoms with Crippen molar-refractivity contribution < 1.29 is 4.74 Å². The first-order valence-electron chi connectivity index (χ1n) is 8.72. The van der Waals surface area contributed by atoms with Crippen molar-refractivity contribution >= 4 is 10.9 Å². The zero-order chi connectivity index (χ0) is 19.0. The van der Waals surface area contributed by atoms with Crippen LogP contribution in [0, 0.1) is 13.8 Å². The van der Waals surface area contributed by atoms with Gasteiger partial charge in [0.15, 0.2) is 0 Å². The van der Waals surface area contributed by atoms with Gasteiger partial charge in [0, 0.05) is 35.2 Å². The summed E-state index contributed by atoms with van der Waals surface area (Å²) in [5.74, 6) is 0.704. The smallest absolute Gasteiger partial charge is 0.251 e. The number of pyridine rings is 2. The Hall–Kier alpha value is -3.41. The summed E-state index contributed by atoms with van der Waals surface area (Å²) in [7, 11) is 1.64. The van der Waals surface area contributed by atoms with Crippen molar-refractivity contribution in [1.29, 1.82) is 0 Å². The highest BCUT2D eigenvalue weighted by Crippen LogP contribution is 2.36. The molecule has 6 heteroatoms. The number of benzene rings is 1. The fourth-order valence-corrected chi connectivity index (χ4v) is 3.45. The Bertz CT molecular complexity index is 1160. The SMILES string of the molecule is COc1cc2c(ccc(=O)n2Cc2ccccn2)cc1-c1c(C)n[nH]c1C. The van der Waals surface area contributed by atoms with Gasteiger partial charge in [0.25, 0.3) is 5.56 Å². The molecule has 1 N–H and O–H groups in total. The van der Waals surface area contributed by atoms with E-state index in [2.05, 4.69) is 15.2 Å². The van der Waals surface area contributed by atoms with Crippen LogP contribution >= 0.6 is 0 Å². The molecule has 0 aliphatic carbocycles. The summed E-state index contributed by atoms with van der Waals surface area (Å²) in [4.78, 5) is 16.9. The van der Waals surface area contributed by atoms with Gasteiger partial charge in [-0.05, 0) is 43.5 Å². The lowest BCUT2D eigenvalue weighted by Gasteiger charge is -2.15. The molecule has 4 rings (SSSR count). The predicted molar refractivity (Wildman–Crippen MR) is 105 cm³/mol. The zero-order valence-corrected chi connectivity index (χ0v) is 15.5. The standard InChI is InChI=1S/C21H20N4O2/c1-13-21(14(2)24-23-13)17-10-15-7-8-20(26)25(18(15)11-19(17)27-3)12-16-6-4-5-9-22-16/h4-11H,12H2,1-3H3,(H,23,24). The summed E-state index contributed by atoms with van der Waals surface area (Å²) in [5, 5.41) is 8.27. The molecular formula is C21H20N4O2. The molecular weight excluding hydrogens is 340 g/mol. The fourth-order valence-electron chi connectivity index (χ4n) is 3.45. The summed E-state index contributed by atoms with van der Waals surface area (Å²) in [6.45, 7) is 4.36. The summed E-state index contributed by atoms with van der Waals surface area (Å²) in [6.07, 6.45) is 1.73. The second-order valence-electron chi connectivity index (χ2n) is 6.50. The Morgan fingerprint density at radius 3 is 2.67 bits per heavy atom. The number of rotatable bonds is 4. The van der Waals surface area contributed by atoms with Crippen LogP contribution < -0.4 is 10.3 Å². The van der Waals surface area contributed by atoms with Crippen molar-refractivity contribution in [3.63, 3.8) is 0 Å². The summed E-state index contributed by atoms with van der Waals surface area (Å²) in [6, 6.07) is 13.1. The molecule has 0 atom stereocenters. The quantitative estimate of drug-likeness (QED) is 0.605. The molecule has 6 nitrogen and oxygen atoms in total. The van der Waals surface area contributed by atoms with E-state index in [1.807, 2.05) is 50.2 Å². The van der Waals surface area contributed by atoms with Crippen molar-refractivity contribution in [1.82, 2.24) is 19.7 Å².